The number of benzene rings is 1. The number of nitrogens with zero attached hydrogens (tertiary/aromatic N) is 2. The summed E-state index contributed by atoms with van der Waals surface area (Å²) < 4.78 is 39.5. The fourth-order valence-electron chi connectivity index (χ4n) is 1.22. The number of ketones is 1. The third-order valence-corrected chi connectivity index (χ3v) is 1.94. The van der Waals surface area contributed by atoms with Crippen LogP contribution in [0.2, 0.25) is 0 Å². The van der Waals surface area contributed by atoms with Gasteiger partial charge in [0.25, 0.3) is 0 Å². The fourth-order valence-corrected chi connectivity index (χ4v) is 1.22. The first-order valence-electron chi connectivity index (χ1n) is 4.69. The van der Waals surface area contributed by atoms with E-state index in [0.29, 0.717) is 12.1 Å². The number of hydrogen-bond donors (Lipinski definition) is 0. The van der Waals surface area contributed by atoms with Crippen LogP contribution in [-0.4, -0.2) is 17.1 Å². The van der Waals surface area contributed by atoms with E-state index in [2.05, 4.69) is 4.74 Å². The minimum atomic E-state index is -5.08. The molecule has 0 amide bonds. The van der Waals surface area contributed by atoms with Gasteiger partial charge in [-0.3, -0.25) is 14.9 Å². The van der Waals surface area contributed by atoms with E-state index in [4.69, 9.17) is 5.26 Å². The van der Waals surface area contributed by atoms with Crippen molar-refractivity contribution in [2.45, 2.75) is 12.8 Å². The Hall–Kier alpha value is -2.63. The predicted octanol–water partition coefficient (Wildman–Crippen LogP) is 2.59. The van der Waals surface area contributed by atoms with Crippen LogP contribution in [0.25, 0.3) is 0 Å². The highest BCUT2D eigenvalue weighted by Crippen LogP contribution is 2.32. The highest BCUT2D eigenvalue weighted by Gasteiger charge is 2.34. The van der Waals surface area contributed by atoms with Crippen LogP contribution in [0.3, 0.4) is 0 Å². The Morgan fingerprint density at radius 3 is 2.58 bits per heavy atom. The molecule has 9 heteroatoms. The van der Waals surface area contributed by atoms with Gasteiger partial charge in [0.1, 0.15) is 0 Å². The monoisotopic (exact) mass is 274 g/mol. The Kier molecular flexibility index (Phi) is 4.06. The van der Waals surface area contributed by atoms with E-state index < -0.39 is 34.9 Å². The summed E-state index contributed by atoms with van der Waals surface area (Å²) in [6.07, 6.45) is -5.61. The lowest BCUT2D eigenvalue weighted by molar-refractivity contribution is -0.388. The first kappa shape index (κ1) is 14.4. The molecule has 0 heterocycles. The van der Waals surface area contributed by atoms with Crippen molar-refractivity contribution in [3.8, 4) is 11.8 Å². The minimum absolute atomic E-state index is 0.234. The van der Waals surface area contributed by atoms with Gasteiger partial charge in [-0.05, 0) is 12.1 Å². The number of nitro groups is 1. The summed E-state index contributed by atoms with van der Waals surface area (Å²) in [6.45, 7) is 0. The lowest BCUT2D eigenvalue weighted by Crippen LogP contribution is -2.18. The molecule has 1 rings (SSSR count). The maximum absolute atomic E-state index is 12.0. The van der Waals surface area contributed by atoms with Gasteiger partial charge in [-0.2, -0.15) is 5.26 Å². The second-order valence-electron chi connectivity index (χ2n) is 3.25. The normalized spacial score (nSPS) is 10.6. The van der Waals surface area contributed by atoms with Gasteiger partial charge in [0.2, 0.25) is 5.75 Å². The van der Waals surface area contributed by atoms with Gasteiger partial charge in [0, 0.05) is 11.6 Å². The lowest BCUT2D eigenvalue weighted by atomic mass is 10.1. The van der Waals surface area contributed by atoms with E-state index in [9.17, 15) is 28.1 Å². The molecule has 0 aliphatic heterocycles. The van der Waals surface area contributed by atoms with E-state index in [1.54, 1.807) is 0 Å². The van der Waals surface area contributed by atoms with Crippen molar-refractivity contribution in [1.29, 1.82) is 5.26 Å². The van der Waals surface area contributed by atoms with E-state index >= 15 is 0 Å². The first-order chi connectivity index (χ1) is 8.74. The van der Waals surface area contributed by atoms with Gasteiger partial charge in [0.15, 0.2) is 5.78 Å². The van der Waals surface area contributed by atoms with Crippen LogP contribution in [0.1, 0.15) is 16.8 Å². The Morgan fingerprint density at radius 2 is 2.11 bits per heavy atom. The maximum Gasteiger partial charge on any atom is 0.573 e. The zero-order valence-corrected chi connectivity index (χ0v) is 9.10. The number of carbonyl (C=O) groups excluding carboxylic acids is 1. The molecule has 0 N–H and O–H groups in total. The molecule has 0 aliphatic rings. The number of nitro benzene ring substituents is 1. The summed E-state index contributed by atoms with van der Waals surface area (Å²) in [6, 6.07) is 3.76. The second kappa shape index (κ2) is 5.34. The first-order valence-corrected chi connectivity index (χ1v) is 4.69. The summed E-state index contributed by atoms with van der Waals surface area (Å²) in [7, 11) is 0. The van der Waals surface area contributed by atoms with E-state index in [1.165, 1.54) is 6.07 Å². The molecule has 0 fully saturated rings. The van der Waals surface area contributed by atoms with Crippen LogP contribution >= 0.6 is 0 Å². The molecule has 1 aromatic carbocycles. The molecule has 0 saturated carbocycles. The summed E-state index contributed by atoms with van der Waals surface area (Å²) in [5.74, 6) is -1.75. The Bertz CT molecular complexity index is 563. The molecule has 0 unspecified atom stereocenters. The number of alkyl halides is 3. The molecule has 0 aromatic heterocycles. The fraction of sp³-hybridized carbons (Fsp3) is 0.200. The lowest BCUT2D eigenvalue weighted by Gasteiger charge is -2.09. The van der Waals surface area contributed by atoms with Crippen LogP contribution in [-0.2, 0) is 0 Å². The van der Waals surface area contributed by atoms with Crippen molar-refractivity contribution >= 4 is 11.5 Å². The average Bonchev–Trinajstić information content (AvgIpc) is 2.27. The number of rotatable bonds is 4. The highest BCUT2D eigenvalue weighted by molar-refractivity contribution is 5.98. The molecular weight excluding hydrogens is 269 g/mol. The number of Topliss-reactive ketones (excluding diaryl/α,β-unsaturated/α-hetero) is 1. The molecule has 0 saturated heterocycles. The molecule has 0 atom stereocenters. The largest absolute Gasteiger partial charge is 0.573 e. The van der Waals surface area contributed by atoms with Crippen molar-refractivity contribution in [3.63, 3.8) is 0 Å². The van der Waals surface area contributed by atoms with Crippen molar-refractivity contribution in [1.82, 2.24) is 0 Å². The number of halogens is 3. The van der Waals surface area contributed by atoms with Gasteiger partial charge in [-0.25, -0.2) is 0 Å². The SMILES string of the molecule is N#CCC(=O)c1ccc(OC(F)(F)F)c([N+](=O)[O-])c1. The van der Waals surface area contributed by atoms with E-state index in [0.717, 1.165) is 6.07 Å². The third-order valence-electron chi connectivity index (χ3n) is 1.94. The smallest absolute Gasteiger partial charge is 0.398 e. The van der Waals surface area contributed by atoms with Crippen LogP contribution in [0.4, 0.5) is 18.9 Å². The van der Waals surface area contributed by atoms with Crippen molar-refractivity contribution in [3.05, 3.63) is 33.9 Å². The van der Waals surface area contributed by atoms with Gasteiger partial charge in [-0.15, -0.1) is 13.2 Å². The number of hydrogen-bond acceptors (Lipinski definition) is 5. The summed E-state index contributed by atoms with van der Waals surface area (Å²) in [5, 5.41) is 18.9. The molecule has 1 aromatic rings. The second-order valence-corrected chi connectivity index (χ2v) is 3.25. The summed E-state index contributed by atoms with van der Waals surface area (Å²) in [5.41, 5.74) is -1.23. The van der Waals surface area contributed by atoms with E-state index in [1.807, 2.05) is 0 Å². The zero-order valence-electron chi connectivity index (χ0n) is 9.10. The Labute approximate surface area is 104 Å². The number of nitriles is 1. The van der Waals surface area contributed by atoms with Gasteiger partial charge < -0.3 is 4.74 Å². The molecular formula is C10H5F3N2O4. The summed E-state index contributed by atoms with van der Waals surface area (Å²) >= 11 is 0. The predicted molar refractivity (Wildman–Crippen MR) is 54.3 cm³/mol. The van der Waals surface area contributed by atoms with Crippen LogP contribution in [0, 0.1) is 21.4 Å². The maximum atomic E-state index is 12.0. The Balaban J connectivity index is 3.20. The number of carbonyl (C=O) groups is 1. The highest BCUT2D eigenvalue weighted by atomic mass is 19.4. The van der Waals surface area contributed by atoms with Gasteiger partial charge in [-0.1, -0.05) is 0 Å². The molecule has 0 radical (unpaired) electrons. The average molecular weight is 274 g/mol. The quantitative estimate of drug-likeness (QED) is 0.478. The van der Waals surface area contributed by atoms with Crippen LogP contribution in [0.5, 0.6) is 5.75 Å². The Morgan fingerprint density at radius 1 is 1.47 bits per heavy atom. The zero-order chi connectivity index (χ0) is 14.6. The number of ether oxygens (including phenoxy) is 1. The molecule has 0 aliphatic carbocycles. The van der Waals surface area contributed by atoms with Crippen molar-refractivity contribution in [2.24, 2.45) is 0 Å². The van der Waals surface area contributed by atoms with Gasteiger partial charge in [0.05, 0.1) is 17.4 Å². The topological polar surface area (TPSA) is 93.2 Å². The molecule has 100 valence electrons. The van der Waals surface area contributed by atoms with Crippen LogP contribution < -0.4 is 4.74 Å². The molecule has 0 spiro atoms. The standard InChI is InChI=1S/C10H5F3N2O4/c11-10(12,13)19-9-2-1-6(8(16)3-4-14)5-7(9)15(17)18/h1-2,5H,3H2. The van der Waals surface area contributed by atoms with Gasteiger partial charge >= 0.3 is 12.0 Å². The van der Waals surface area contributed by atoms with E-state index in [-0.39, 0.29) is 5.56 Å². The summed E-state index contributed by atoms with van der Waals surface area (Å²) in [4.78, 5) is 20.8. The molecule has 19 heavy (non-hydrogen) atoms. The third kappa shape index (κ3) is 3.95. The van der Waals surface area contributed by atoms with Crippen molar-refractivity contribution in [2.75, 3.05) is 0 Å². The minimum Gasteiger partial charge on any atom is -0.398 e. The van der Waals surface area contributed by atoms with Crippen LogP contribution in [0.15, 0.2) is 18.2 Å². The van der Waals surface area contributed by atoms with Crippen molar-refractivity contribution < 1.29 is 27.6 Å². The molecule has 0 bridgehead atoms. The molecule has 6 nitrogen and oxygen atoms in total.